The molecule has 0 atom stereocenters. The Morgan fingerprint density at radius 1 is 1.23 bits per heavy atom. The highest BCUT2D eigenvalue weighted by molar-refractivity contribution is 7.92. The summed E-state index contributed by atoms with van der Waals surface area (Å²) in [6.45, 7) is 1.59. The minimum absolute atomic E-state index is 0.0510. The molecule has 9 heteroatoms. The number of carbonyl (C=O) groups is 2. The summed E-state index contributed by atoms with van der Waals surface area (Å²) in [5.74, 6) is -0.534. The number of hydrogen-bond acceptors (Lipinski definition) is 6. The van der Waals surface area contributed by atoms with Crippen LogP contribution in [0.5, 0.6) is 5.75 Å². The summed E-state index contributed by atoms with van der Waals surface area (Å²) in [5.41, 5.74) is 1.40. The molecule has 2 aromatic carbocycles. The Labute approximate surface area is 150 Å². The van der Waals surface area contributed by atoms with E-state index < -0.39 is 16.0 Å². The maximum atomic E-state index is 12.7. The van der Waals surface area contributed by atoms with Crippen LogP contribution < -0.4 is 14.8 Å². The van der Waals surface area contributed by atoms with Crippen LogP contribution >= 0.6 is 0 Å². The van der Waals surface area contributed by atoms with E-state index in [4.69, 9.17) is 4.74 Å². The second-order valence-corrected chi connectivity index (χ2v) is 7.30. The van der Waals surface area contributed by atoms with Gasteiger partial charge in [0, 0.05) is 0 Å². The van der Waals surface area contributed by atoms with Gasteiger partial charge in [-0.3, -0.25) is 9.52 Å². The Kier molecular flexibility index (Phi) is 4.56. The SMILES string of the molecule is COC(=O)c1ccc(C)c(NS(=O)(=O)c2ccc3c(c2)NC(=O)CO3)c1. The molecule has 3 rings (SSSR count). The molecule has 0 aromatic heterocycles. The number of hydrogen-bond donors (Lipinski definition) is 2. The van der Waals surface area contributed by atoms with Crippen molar-refractivity contribution in [3.63, 3.8) is 0 Å². The standard InChI is InChI=1S/C17H16N2O6S/c1-10-3-4-11(17(21)24-2)7-13(10)19-26(22,23)12-5-6-15-14(8-12)18-16(20)9-25-15/h3-8,19H,9H2,1-2H3,(H,18,20). The van der Waals surface area contributed by atoms with Crippen LogP contribution in [-0.2, 0) is 19.6 Å². The molecular weight excluding hydrogens is 360 g/mol. The first-order valence-corrected chi connectivity index (χ1v) is 9.07. The maximum absolute atomic E-state index is 12.7. The molecule has 8 nitrogen and oxygen atoms in total. The summed E-state index contributed by atoms with van der Waals surface area (Å²) in [5, 5.41) is 2.56. The van der Waals surface area contributed by atoms with Crippen molar-refractivity contribution >= 4 is 33.3 Å². The van der Waals surface area contributed by atoms with Crippen LogP contribution in [0.2, 0.25) is 0 Å². The van der Waals surface area contributed by atoms with Gasteiger partial charge in [0.2, 0.25) is 0 Å². The summed E-state index contributed by atoms with van der Waals surface area (Å²) in [6, 6.07) is 8.73. The van der Waals surface area contributed by atoms with Crippen LogP contribution in [0.15, 0.2) is 41.3 Å². The topological polar surface area (TPSA) is 111 Å². The molecule has 0 saturated heterocycles. The fourth-order valence-electron chi connectivity index (χ4n) is 2.41. The van der Waals surface area contributed by atoms with Crippen molar-refractivity contribution in [1.29, 1.82) is 0 Å². The third kappa shape index (κ3) is 3.47. The molecule has 0 radical (unpaired) electrons. The lowest BCUT2D eigenvalue weighted by molar-refractivity contribution is -0.118. The van der Waals surface area contributed by atoms with Gasteiger partial charge in [-0.2, -0.15) is 0 Å². The summed E-state index contributed by atoms with van der Waals surface area (Å²) in [4.78, 5) is 23.0. The Morgan fingerprint density at radius 3 is 2.73 bits per heavy atom. The molecule has 0 aliphatic carbocycles. The van der Waals surface area contributed by atoms with Gasteiger partial charge in [-0.05, 0) is 42.8 Å². The van der Waals surface area contributed by atoms with E-state index in [0.29, 0.717) is 11.3 Å². The van der Waals surface area contributed by atoms with Crippen LogP contribution in [-0.4, -0.2) is 34.0 Å². The van der Waals surface area contributed by atoms with E-state index in [1.165, 1.54) is 31.4 Å². The first-order valence-electron chi connectivity index (χ1n) is 7.58. The number of nitrogens with one attached hydrogen (secondary N) is 2. The van der Waals surface area contributed by atoms with Crippen molar-refractivity contribution < 1.29 is 27.5 Å². The predicted octanol–water partition coefficient (Wildman–Crippen LogP) is 1.91. The molecule has 0 bridgehead atoms. The summed E-state index contributed by atoms with van der Waals surface area (Å²) >= 11 is 0. The highest BCUT2D eigenvalue weighted by Crippen LogP contribution is 2.31. The summed E-state index contributed by atoms with van der Waals surface area (Å²) in [7, 11) is -2.70. The highest BCUT2D eigenvalue weighted by Gasteiger charge is 2.22. The third-order valence-corrected chi connectivity index (χ3v) is 5.16. The molecule has 2 aromatic rings. The van der Waals surface area contributed by atoms with Crippen molar-refractivity contribution in [3.05, 3.63) is 47.5 Å². The zero-order valence-electron chi connectivity index (χ0n) is 14.0. The van der Waals surface area contributed by atoms with Crippen molar-refractivity contribution in [1.82, 2.24) is 0 Å². The van der Waals surface area contributed by atoms with Gasteiger partial charge in [0.25, 0.3) is 15.9 Å². The number of esters is 1. The van der Waals surface area contributed by atoms with E-state index >= 15 is 0 Å². The first kappa shape index (κ1) is 17.7. The number of anilines is 2. The molecule has 26 heavy (non-hydrogen) atoms. The molecule has 0 saturated carbocycles. The van der Waals surface area contributed by atoms with E-state index in [2.05, 4.69) is 14.8 Å². The number of amides is 1. The number of ether oxygens (including phenoxy) is 2. The van der Waals surface area contributed by atoms with E-state index in [9.17, 15) is 18.0 Å². The fourth-order valence-corrected chi connectivity index (χ4v) is 3.56. The Balaban J connectivity index is 1.94. The average Bonchev–Trinajstić information content (AvgIpc) is 2.62. The van der Waals surface area contributed by atoms with Gasteiger partial charge in [0.1, 0.15) is 5.75 Å². The third-order valence-electron chi connectivity index (χ3n) is 3.80. The molecule has 0 unspecified atom stereocenters. The molecular formula is C17H16N2O6S. The molecule has 1 aliphatic rings. The normalized spacial score (nSPS) is 13.2. The van der Waals surface area contributed by atoms with Gasteiger partial charge in [-0.15, -0.1) is 0 Å². The van der Waals surface area contributed by atoms with E-state index in [1.807, 2.05) is 0 Å². The minimum Gasteiger partial charge on any atom is -0.482 e. The van der Waals surface area contributed by atoms with Crippen LogP contribution in [0.3, 0.4) is 0 Å². The van der Waals surface area contributed by atoms with Crippen LogP contribution in [0, 0.1) is 6.92 Å². The number of carbonyl (C=O) groups excluding carboxylic acids is 2. The zero-order valence-corrected chi connectivity index (χ0v) is 14.8. The van der Waals surface area contributed by atoms with Gasteiger partial charge in [0.05, 0.1) is 28.9 Å². The Morgan fingerprint density at radius 2 is 2.00 bits per heavy atom. The smallest absolute Gasteiger partial charge is 0.337 e. The van der Waals surface area contributed by atoms with Gasteiger partial charge >= 0.3 is 5.97 Å². The number of methoxy groups -OCH3 is 1. The zero-order chi connectivity index (χ0) is 18.9. The molecule has 1 heterocycles. The van der Waals surface area contributed by atoms with Crippen molar-refractivity contribution in [2.45, 2.75) is 11.8 Å². The van der Waals surface area contributed by atoms with E-state index in [0.717, 1.165) is 0 Å². The predicted molar refractivity (Wildman–Crippen MR) is 93.9 cm³/mol. The number of benzene rings is 2. The second kappa shape index (κ2) is 6.68. The summed E-state index contributed by atoms with van der Waals surface area (Å²) in [6.07, 6.45) is 0. The lowest BCUT2D eigenvalue weighted by Gasteiger charge is -2.19. The Bertz CT molecular complexity index is 1000. The van der Waals surface area contributed by atoms with Gasteiger partial charge in [-0.25, -0.2) is 13.2 Å². The van der Waals surface area contributed by atoms with Crippen LogP contribution in [0.1, 0.15) is 15.9 Å². The summed E-state index contributed by atoms with van der Waals surface area (Å²) < 4.78 is 37.7. The largest absolute Gasteiger partial charge is 0.482 e. The van der Waals surface area contributed by atoms with Crippen molar-refractivity contribution in [2.75, 3.05) is 23.8 Å². The molecule has 1 amide bonds. The lowest BCUT2D eigenvalue weighted by atomic mass is 10.1. The Hall–Kier alpha value is -3.07. The number of rotatable bonds is 4. The maximum Gasteiger partial charge on any atom is 0.337 e. The number of sulfonamides is 1. The molecule has 136 valence electrons. The van der Waals surface area contributed by atoms with Gasteiger partial charge in [-0.1, -0.05) is 6.07 Å². The molecule has 0 spiro atoms. The lowest BCUT2D eigenvalue weighted by Crippen LogP contribution is -2.25. The van der Waals surface area contributed by atoms with Crippen LogP contribution in [0.25, 0.3) is 0 Å². The highest BCUT2D eigenvalue weighted by atomic mass is 32.2. The average molecular weight is 376 g/mol. The number of aryl methyl sites for hydroxylation is 1. The molecule has 0 fully saturated rings. The monoisotopic (exact) mass is 376 g/mol. The number of fused-ring (bicyclic) bond motifs is 1. The van der Waals surface area contributed by atoms with Crippen molar-refractivity contribution in [3.8, 4) is 5.75 Å². The fraction of sp³-hybridized carbons (Fsp3) is 0.176. The minimum atomic E-state index is -3.94. The van der Waals surface area contributed by atoms with E-state index in [-0.39, 0.29) is 34.3 Å². The van der Waals surface area contributed by atoms with Crippen LogP contribution in [0.4, 0.5) is 11.4 Å². The molecule has 2 N–H and O–H groups in total. The quantitative estimate of drug-likeness (QED) is 0.789. The van der Waals surface area contributed by atoms with Gasteiger partial charge in [0.15, 0.2) is 6.61 Å². The second-order valence-electron chi connectivity index (χ2n) is 5.62. The molecule has 1 aliphatic heterocycles. The van der Waals surface area contributed by atoms with Gasteiger partial charge < -0.3 is 14.8 Å². The van der Waals surface area contributed by atoms with Crippen molar-refractivity contribution in [2.24, 2.45) is 0 Å². The van der Waals surface area contributed by atoms with E-state index in [1.54, 1.807) is 19.1 Å². The first-order chi connectivity index (χ1) is 12.3.